The van der Waals surface area contributed by atoms with Gasteiger partial charge in [0.15, 0.2) is 0 Å². The average molecular weight is 322 g/mol. The van der Waals surface area contributed by atoms with E-state index in [-0.39, 0.29) is 11.7 Å². The van der Waals surface area contributed by atoms with Crippen LogP contribution in [0.15, 0.2) is 24.3 Å². The lowest BCUT2D eigenvalue weighted by Gasteiger charge is -2.26. The highest BCUT2D eigenvalue weighted by Gasteiger charge is 2.10. The molecule has 1 aromatic rings. The third-order valence-corrected chi connectivity index (χ3v) is 4.10. The number of amides is 1. The Bertz CT molecular complexity index is 462. The summed E-state index contributed by atoms with van der Waals surface area (Å²) in [5.41, 5.74) is 1.31. The molecule has 122 valence electrons. The molecular weight excluding hydrogens is 296 g/mol. The van der Waals surface area contributed by atoms with Gasteiger partial charge in [0.1, 0.15) is 5.75 Å². The van der Waals surface area contributed by atoms with Gasteiger partial charge in [0, 0.05) is 13.1 Å². The van der Waals surface area contributed by atoms with E-state index in [0.29, 0.717) is 13.2 Å². The minimum Gasteiger partial charge on any atom is -0.494 e. The first-order valence-electron chi connectivity index (χ1n) is 8.09. The van der Waals surface area contributed by atoms with Crippen LogP contribution < -0.4 is 10.1 Å². The summed E-state index contributed by atoms with van der Waals surface area (Å²) in [6, 6.07) is 8.33. The monoisotopic (exact) mass is 322 g/mol. The van der Waals surface area contributed by atoms with Crippen LogP contribution >= 0.6 is 12.6 Å². The highest BCUT2D eigenvalue weighted by atomic mass is 32.1. The van der Waals surface area contributed by atoms with E-state index < -0.39 is 0 Å². The zero-order valence-electron chi connectivity index (χ0n) is 13.1. The number of rotatable bonds is 8. The van der Waals surface area contributed by atoms with E-state index in [9.17, 15) is 4.79 Å². The summed E-state index contributed by atoms with van der Waals surface area (Å²) in [6.45, 7) is 4.66. The molecule has 1 N–H and O–H groups in total. The van der Waals surface area contributed by atoms with E-state index in [1.54, 1.807) is 0 Å². The van der Waals surface area contributed by atoms with Gasteiger partial charge in [-0.1, -0.05) is 18.6 Å². The molecule has 0 bridgehead atoms. The molecule has 1 saturated heterocycles. The van der Waals surface area contributed by atoms with Crippen LogP contribution in [0.3, 0.4) is 0 Å². The number of piperidine rings is 1. The zero-order chi connectivity index (χ0) is 15.6. The Morgan fingerprint density at radius 2 is 2.09 bits per heavy atom. The number of carbonyl (C=O) groups excluding carboxylic acids is 1. The van der Waals surface area contributed by atoms with Gasteiger partial charge in [-0.3, -0.25) is 9.69 Å². The molecule has 1 heterocycles. The molecule has 0 unspecified atom stereocenters. The summed E-state index contributed by atoms with van der Waals surface area (Å²) in [5.74, 6) is 1.11. The summed E-state index contributed by atoms with van der Waals surface area (Å²) in [5, 5.41) is 2.78. The van der Waals surface area contributed by atoms with Gasteiger partial charge in [0.05, 0.1) is 12.4 Å². The van der Waals surface area contributed by atoms with Crippen LogP contribution in [0.4, 0.5) is 0 Å². The van der Waals surface area contributed by atoms with Crippen LogP contribution in [-0.4, -0.2) is 42.8 Å². The largest absolute Gasteiger partial charge is 0.494 e. The molecule has 0 aliphatic carbocycles. The summed E-state index contributed by atoms with van der Waals surface area (Å²) in [7, 11) is 0. The third-order valence-electron chi connectivity index (χ3n) is 3.81. The molecule has 22 heavy (non-hydrogen) atoms. The van der Waals surface area contributed by atoms with Crippen molar-refractivity contribution in [2.45, 2.75) is 32.2 Å². The number of nitrogens with one attached hydrogen (secondary N) is 1. The first-order chi connectivity index (χ1) is 10.8. The SMILES string of the molecule is O=C(CS)NCCCOc1cccc(CN2CCCCC2)c1. The summed E-state index contributed by atoms with van der Waals surface area (Å²) in [6.07, 6.45) is 4.79. The van der Waals surface area contributed by atoms with Gasteiger partial charge in [-0.25, -0.2) is 0 Å². The highest BCUT2D eigenvalue weighted by Crippen LogP contribution is 2.17. The number of ether oxygens (including phenoxy) is 1. The Kier molecular flexibility index (Phi) is 7.60. The van der Waals surface area contributed by atoms with Crippen LogP contribution in [-0.2, 0) is 11.3 Å². The second-order valence-corrected chi connectivity index (χ2v) is 6.01. The maximum atomic E-state index is 11.0. The zero-order valence-corrected chi connectivity index (χ0v) is 14.0. The second kappa shape index (κ2) is 9.74. The lowest BCUT2D eigenvalue weighted by atomic mass is 10.1. The topological polar surface area (TPSA) is 41.6 Å². The van der Waals surface area contributed by atoms with E-state index in [0.717, 1.165) is 18.7 Å². The van der Waals surface area contributed by atoms with Crippen molar-refractivity contribution in [3.63, 3.8) is 0 Å². The van der Waals surface area contributed by atoms with E-state index in [2.05, 4.69) is 41.0 Å². The molecule has 0 saturated carbocycles. The van der Waals surface area contributed by atoms with E-state index >= 15 is 0 Å². The molecule has 1 aliphatic rings. The molecule has 0 radical (unpaired) electrons. The third kappa shape index (κ3) is 6.28. The smallest absolute Gasteiger partial charge is 0.229 e. The number of likely N-dealkylation sites (tertiary alicyclic amines) is 1. The van der Waals surface area contributed by atoms with Gasteiger partial charge in [-0.15, -0.1) is 0 Å². The van der Waals surface area contributed by atoms with Crippen LogP contribution in [0.25, 0.3) is 0 Å². The Hall–Kier alpha value is -1.20. The second-order valence-electron chi connectivity index (χ2n) is 5.69. The van der Waals surface area contributed by atoms with E-state index in [1.165, 1.54) is 37.9 Å². The van der Waals surface area contributed by atoms with Crippen molar-refractivity contribution in [3.05, 3.63) is 29.8 Å². The molecule has 1 aliphatic heterocycles. The number of thiol groups is 1. The lowest BCUT2D eigenvalue weighted by Crippen LogP contribution is -2.29. The van der Waals surface area contributed by atoms with Gasteiger partial charge in [-0.2, -0.15) is 12.6 Å². The highest BCUT2D eigenvalue weighted by molar-refractivity contribution is 7.81. The van der Waals surface area contributed by atoms with Crippen LogP contribution in [0.2, 0.25) is 0 Å². The van der Waals surface area contributed by atoms with Crippen molar-refractivity contribution in [3.8, 4) is 5.75 Å². The summed E-state index contributed by atoms with van der Waals surface area (Å²) >= 11 is 3.92. The number of carbonyl (C=O) groups is 1. The number of benzene rings is 1. The predicted molar refractivity (Wildman–Crippen MR) is 92.5 cm³/mol. The molecule has 0 spiro atoms. The Morgan fingerprint density at radius 1 is 1.27 bits per heavy atom. The fraction of sp³-hybridized carbons (Fsp3) is 0.588. The lowest BCUT2D eigenvalue weighted by molar-refractivity contribution is -0.118. The van der Waals surface area contributed by atoms with E-state index in [4.69, 9.17) is 4.74 Å². The summed E-state index contributed by atoms with van der Waals surface area (Å²) in [4.78, 5) is 13.6. The fourth-order valence-electron chi connectivity index (χ4n) is 2.66. The molecule has 2 rings (SSSR count). The molecular formula is C17H26N2O2S. The van der Waals surface area contributed by atoms with Crippen molar-refractivity contribution in [2.75, 3.05) is 32.0 Å². The van der Waals surface area contributed by atoms with Crippen LogP contribution in [0.5, 0.6) is 5.75 Å². The normalized spacial score (nSPS) is 15.5. The molecule has 1 fully saturated rings. The standard InChI is InChI=1S/C17H26N2O2S/c20-17(14-22)18-8-5-11-21-16-7-4-6-15(12-16)13-19-9-2-1-3-10-19/h4,6-7,12,22H,1-3,5,8-11,13-14H2,(H,18,20). The molecule has 1 amide bonds. The molecule has 4 nitrogen and oxygen atoms in total. The van der Waals surface area contributed by atoms with Crippen molar-refractivity contribution in [2.24, 2.45) is 0 Å². The average Bonchev–Trinajstić information content (AvgIpc) is 2.55. The van der Waals surface area contributed by atoms with Gasteiger partial charge in [-0.05, 0) is 50.0 Å². The van der Waals surface area contributed by atoms with Crippen LogP contribution in [0.1, 0.15) is 31.2 Å². The van der Waals surface area contributed by atoms with Crippen molar-refractivity contribution >= 4 is 18.5 Å². The predicted octanol–water partition coefficient (Wildman–Crippen LogP) is 2.49. The quantitative estimate of drug-likeness (QED) is 0.571. The van der Waals surface area contributed by atoms with Crippen molar-refractivity contribution in [1.29, 1.82) is 0 Å². The maximum Gasteiger partial charge on any atom is 0.229 e. The Morgan fingerprint density at radius 3 is 2.86 bits per heavy atom. The molecule has 5 heteroatoms. The number of nitrogens with zero attached hydrogens (tertiary/aromatic N) is 1. The fourth-order valence-corrected chi connectivity index (χ4v) is 2.77. The minimum absolute atomic E-state index is 0.0353. The Labute approximate surface area is 138 Å². The number of hydrogen-bond acceptors (Lipinski definition) is 4. The first-order valence-corrected chi connectivity index (χ1v) is 8.73. The van der Waals surface area contributed by atoms with Gasteiger partial charge >= 0.3 is 0 Å². The van der Waals surface area contributed by atoms with E-state index in [1.807, 2.05) is 6.07 Å². The van der Waals surface area contributed by atoms with Gasteiger partial charge < -0.3 is 10.1 Å². The Balaban J connectivity index is 1.70. The van der Waals surface area contributed by atoms with Crippen molar-refractivity contribution < 1.29 is 9.53 Å². The number of hydrogen-bond donors (Lipinski definition) is 2. The first kappa shape index (κ1) is 17.2. The van der Waals surface area contributed by atoms with Gasteiger partial charge in [0.2, 0.25) is 5.91 Å². The van der Waals surface area contributed by atoms with Crippen LogP contribution in [0, 0.1) is 0 Å². The van der Waals surface area contributed by atoms with Crippen molar-refractivity contribution in [1.82, 2.24) is 10.2 Å². The molecule has 0 atom stereocenters. The summed E-state index contributed by atoms with van der Waals surface area (Å²) < 4.78 is 5.76. The molecule has 0 aromatic heterocycles. The minimum atomic E-state index is -0.0353. The molecule has 1 aromatic carbocycles. The maximum absolute atomic E-state index is 11.0. The van der Waals surface area contributed by atoms with Gasteiger partial charge in [0.25, 0.3) is 0 Å².